The molecule has 0 aromatic heterocycles. The summed E-state index contributed by atoms with van der Waals surface area (Å²) in [5, 5.41) is 3.21. The predicted octanol–water partition coefficient (Wildman–Crippen LogP) is 4.25. The second-order valence-corrected chi connectivity index (χ2v) is 7.79. The van der Waals surface area contributed by atoms with E-state index in [1.54, 1.807) is 34.1 Å². The standard InChI is InChI=1S/C23H22ClN3O3/c24-19-15-17(8-11-20(19)27-14-2-4-23(27)30)25-21(28)12-7-16-5-9-18(10-6-16)26-13-1-3-22(26)29/h5-12,15H,1-4,13-14H2,(H,25,28)/b12-7+. The van der Waals surface area contributed by atoms with Crippen molar-refractivity contribution in [2.24, 2.45) is 0 Å². The SMILES string of the molecule is O=C(/C=C/c1ccc(N2CCCC2=O)cc1)Nc1ccc(N2CCCC2=O)c(Cl)c1. The zero-order chi connectivity index (χ0) is 21.1. The molecule has 2 saturated heterocycles. The van der Waals surface area contributed by atoms with Crippen molar-refractivity contribution in [1.29, 1.82) is 0 Å². The van der Waals surface area contributed by atoms with Gasteiger partial charge in [0.2, 0.25) is 17.7 Å². The zero-order valence-electron chi connectivity index (χ0n) is 16.4. The van der Waals surface area contributed by atoms with E-state index < -0.39 is 0 Å². The molecular formula is C23H22ClN3O3. The Kier molecular flexibility index (Phi) is 5.86. The largest absolute Gasteiger partial charge is 0.322 e. The summed E-state index contributed by atoms with van der Waals surface area (Å²) in [5.41, 5.74) is 2.98. The van der Waals surface area contributed by atoms with Gasteiger partial charge in [-0.3, -0.25) is 14.4 Å². The molecule has 6 nitrogen and oxygen atoms in total. The smallest absolute Gasteiger partial charge is 0.248 e. The van der Waals surface area contributed by atoms with E-state index in [0.717, 1.165) is 30.6 Å². The van der Waals surface area contributed by atoms with Crippen LogP contribution in [-0.4, -0.2) is 30.8 Å². The maximum Gasteiger partial charge on any atom is 0.248 e. The van der Waals surface area contributed by atoms with Crippen LogP contribution in [0.1, 0.15) is 31.2 Å². The summed E-state index contributed by atoms with van der Waals surface area (Å²) >= 11 is 6.32. The topological polar surface area (TPSA) is 69.7 Å². The zero-order valence-corrected chi connectivity index (χ0v) is 17.2. The Hall–Kier alpha value is -3.12. The number of rotatable bonds is 5. The van der Waals surface area contributed by atoms with Gasteiger partial charge in [0, 0.05) is 43.4 Å². The van der Waals surface area contributed by atoms with Gasteiger partial charge in [0.25, 0.3) is 0 Å². The summed E-state index contributed by atoms with van der Waals surface area (Å²) in [6, 6.07) is 12.7. The molecule has 0 spiro atoms. The molecule has 0 atom stereocenters. The fourth-order valence-electron chi connectivity index (χ4n) is 3.75. The lowest BCUT2D eigenvalue weighted by Gasteiger charge is -2.17. The van der Waals surface area contributed by atoms with Crippen molar-refractivity contribution in [2.45, 2.75) is 25.7 Å². The van der Waals surface area contributed by atoms with Gasteiger partial charge in [-0.1, -0.05) is 23.7 Å². The van der Waals surface area contributed by atoms with Crippen molar-refractivity contribution in [2.75, 3.05) is 28.2 Å². The Morgan fingerprint density at radius 1 is 0.933 bits per heavy atom. The Bertz CT molecular complexity index is 1020. The molecule has 3 amide bonds. The Morgan fingerprint density at radius 3 is 2.20 bits per heavy atom. The molecule has 2 aliphatic heterocycles. The summed E-state index contributed by atoms with van der Waals surface area (Å²) in [4.78, 5) is 39.4. The highest BCUT2D eigenvalue weighted by Crippen LogP contribution is 2.31. The fraction of sp³-hybridized carbons (Fsp3) is 0.261. The van der Waals surface area contributed by atoms with E-state index in [0.29, 0.717) is 35.8 Å². The highest BCUT2D eigenvalue weighted by atomic mass is 35.5. The fourth-order valence-corrected chi connectivity index (χ4v) is 4.03. The minimum Gasteiger partial charge on any atom is -0.322 e. The van der Waals surface area contributed by atoms with Crippen molar-refractivity contribution in [3.8, 4) is 0 Å². The summed E-state index contributed by atoms with van der Waals surface area (Å²) < 4.78 is 0. The molecular weight excluding hydrogens is 402 g/mol. The first-order valence-corrected chi connectivity index (χ1v) is 10.4. The summed E-state index contributed by atoms with van der Waals surface area (Å²) in [7, 11) is 0. The third kappa shape index (κ3) is 4.39. The lowest BCUT2D eigenvalue weighted by molar-refractivity contribution is -0.117. The van der Waals surface area contributed by atoms with Crippen LogP contribution in [0.5, 0.6) is 0 Å². The quantitative estimate of drug-likeness (QED) is 0.731. The first kappa shape index (κ1) is 20.2. The molecule has 154 valence electrons. The molecule has 0 aliphatic carbocycles. The van der Waals surface area contributed by atoms with Crippen LogP contribution in [0.15, 0.2) is 48.5 Å². The van der Waals surface area contributed by atoms with E-state index in [-0.39, 0.29) is 17.7 Å². The highest BCUT2D eigenvalue weighted by Gasteiger charge is 2.23. The molecule has 4 rings (SSSR count). The van der Waals surface area contributed by atoms with Gasteiger partial charge in [-0.25, -0.2) is 0 Å². The van der Waals surface area contributed by atoms with E-state index in [4.69, 9.17) is 11.6 Å². The van der Waals surface area contributed by atoms with Crippen LogP contribution in [0, 0.1) is 0 Å². The van der Waals surface area contributed by atoms with Crippen LogP contribution in [-0.2, 0) is 14.4 Å². The van der Waals surface area contributed by atoms with Crippen LogP contribution in [0.2, 0.25) is 5.02 Å². The minimum atomic E-state index is -0.283. The predicted molar refractivity (Wildman–Crippen MR) is 119 cm³/mol. The Labute approximate surface area is 180 Å². The number of benzene rings is 2. The van der Waals surface area contributed by atoms with Gasteiger partial charge in [-0.15, -0.1) is 0 Å². The lowest BCUT2D eigenvalue weighted by atomic mass is 10.2. The van der Waals surface area contributed by atoms with E-state index in [1.165, 1.54) is 6.08 Å². The third-order valence-electron chi connectivity index (χ3n) is 5.28. The van der Waals surface area contributed by atoms with E-state index in [2.05, 4.69) is 5.32 Å². The van der Waals surface area contributed by atoms with Gasteiger partial charge >= 0.3 is 0 Å². The number of nitrogens with one attached hydrogen (secondary N) is 1. The van der Waals surface area contributed by atoms with Crippen LogP contribution >= 0.6 is 11.6 Å². The number of halogens is 1. The van der Waals surface area contributed by atoms with Crippen LogP contribution in [0.4, 0.5) is 17.1 Å². The van der Waals surface area contributed by atoms with Gasteiger partial charge < -0.3 is 15.1 Å². The number of hydrogen-bond donors (Lipinski definition) is 1. The number of carbonyl (C=O) groups excluding carboxylic acids is 3. The first-order valence-electron chi connectivity index (χ1n) is 10.0. The molecule has 1 N–H and O–H groups in total. The molecule has 0 radical (unpaired) electrons. The molecule has 0 unspecified atom stereocenters. The van der Waals surface area contributed by atoms with Crippen molar-refractivity contribution < 1.29 is 14.4 Å². The molecule has 0 bridgehead atoms. The average Bonchev–Trinajstić information content (AvgIpc) is 3.35. The van der Waals surface area contributed by atoms with E-state index in [1.807, 2.05) is 24.3 Å². The van der Waals surface area contributed by atoms with Crippen molar-refractivity contribution in [3.63, 3.8) is 0 Å². The van der Waals surface area contributed by atoms with Gasteiger partial charge in [-0.05, 0) is 54.8 Å². The molecule has 30 heavy (non-hydrogen) atoms. The van der Waals surface area contributed by atoms with Crippen LogP contribution < -0.4 is 15.1 Å². The average molecular weight is 424 g/mol. The summed E-state index contributed by atoms with van der Waals surface area (Å²) in [5.74, 6) is -0.0666. The molecule has 2 aromatic carbocycles. The summed E-state index contributed by atoms with van der Waals surface area (Å²) in [6.07, 6.45) is 6.01. The number of nitrogens with zero attached hydrogens (tertiary/aromatic N) is 2. The van der Waals surface area contributed by atoms with Crippen molar-refractivity contribution >= 4 is 52.5 Å². The second-order valence-electron chi connectivity index (χ2n) is 7.38. The van der Waals surface area contributed by atoms with E-state index >= 15 is 0 Å². The monoisotopic (exact) mass is 423 g/mol. The molecule has 2 fully saturated rings. The minimum absolute atomic E-state index is 0.0664. The van der Waals surface area contributed by atoms with Crippen molar-refractivity contribution in [3.05, 3.63) is 59.1 Å². The summed E-state index contributed by atoms with van der Waals surface area (Å²) in [6.45, 7) is 1.42. The highest BCUT2D eigenvalue weighted by molar-refractivity contribution is 6.34. The number of amides is 3. The number of anilines is 3. The third-order valence-corrected chi connectivity index (χ3v) is 5.59. The molecule has 7 heteroatoms. The number of carbonyl (C=O) groups is 3. The molecule has 2 aromatic rings. The van der Waals surface area contributed by atoms with Crippen LogP contribution in [0.25, 0.3) is 6.08 Å². The van der Waals surface area contributed by atoms with Crippen molar-refractivity contribution in [1.82, 2.24) is 0 Å². The van der Waals surface area contributed by atoms with Gasteiger partial charge in [-0.2, -0.15) is 0 Å². The lowest BCUT2D eigenvalue weighted by Crippen LogP contribution is -2.24. The Morgan fingerprint density at radius 2 is 1.60 bits per heavy atom. The second kappa shape index (κ2) is 8.71. The first-order chi connectivity index (χ1) is 14.5. The maximum atomic E-state index is 12.3. The molecule has 2 heterocycles. The van der Waals surface area contributed by atoms with Crippen LogP contribution in [0.3, 0.4) is 0 Å². The van der Waals surface area contributed by atoms with Gasteiger partial charge in [0.05, 0.1) is 10.7 Å². The number of hydrogen-bond acceptors (Lipinski definition) is 3. The Balaban J connectivity index is 1.37. The molecule has 2 aliphatic rings. The maximum absolute atomic E-state index is 12.3. The molecule has 0 saturated carbocycles. The van der Waals surface area contributed by atoms with E-state index in [9.17, 15) is 14.4 Å². The van der Waals surface area contributed by atoms with Gasteiger partial charge in [0.1, 0.15) is 0 Å². The normalized spacial score (nSPS) is 16.7. The van der Waals surface area contributed by atoms with Gasteiger partial charge in [0.15, 0.2) is 0 Å².